The summed E-state index contributed by atoms with van der Waals surface area (Å²) in [6, 6.07) is 9.98. The molecule has 0 bridgehead atoms. The van der Waals surface area contributed by atoms with Crippen LogP contribution in [0, 0.1) is 26.6 Å². The Hall–Kier alpha value is -3.48. The standard InChI is InChI=1S/C23H22FN3O3/c1-12-7-13(2)9-16(8-12)27-23-21(14(3)26-27)17(11-20(28)25-23)22(29)15-5-6-18(24)19(10-15)30-4/h5-10,17H,11H2,1-4H3,(H,25,28)/t17-/m0/s1. The highest BCUT2D eigenvalue weighted by Gasteiger charge is 2.36. The molecule has 1 aromatic heterocycles. The summed E-state index contributed by atoms with van der Waals surface area (Å²) in [5, 5.41) is 7.50. The van der Waals surface area contributed by atoms with Gasteiger partial charge in [-0.15, -0.1) is 0 Å². The highest BCUT2D eigenvalue weighted by Crippen LogP contribution is 2.38. The van der Waals surface area contributed by atoms with E-state index in [1.165, 1.54) is 25.3 Å². The largest absolute Gasteiger partial charge is 0.494 e. The lowest BCUT2D eigenvalue weighted by Gasteiger charge is -2.23. The zero-order valence-corrected chi connectivity index (χ0v) is 17.2. The van der Waals surface area contributed by atoms with Crippen molar-refractivity contribution in [2.75, 3.05) is 12.4 Å². The number of Topliss-reactive ketones (excluding diaryl/α,β-unsaturated/α-hetero) is 1. The van der Waals surface area contributed by atoms with Crippen LogP contribution in [0.3, 0.4) is 0 Å². The summed E-state index contributed by atoms with van der Waals surface area (Å²) < 4.78 is 20.5. The number of ketones is 1. The first-order valence-electron chi connectivity index (χ1n) is 9.64. The van der Waals surface area contributed by atoms with E-state index >= 15 is 0 Å². The smallest absolute Gasteiger partial charge is 0.226 e. The number of amides is 1. The molecule has 3 aromatic rings. The minimum Gasteiger partial charge on any atom is -0.494 e. The fourth-order valence-corrected chi connectivity index (χ4v) is 4.05. The minimum atomic E-state index is -0.705. The Labute approximate surface area is 173 Å². The molecular weight excluding hydrogens is 385 g/mol. The molecule has 2 heterocycles. The lowest BCUT2D eigenvalue weighted by Crippen LogP contribution is -2.28. The minimum absolute atomic E-state index is 0.00486. The van der Waals surface area contributed by atoms with E-state index in [9.17, 15) is 14.0 Å². The van der Waals surface area contributed by atoms with E-state index in [1.54, 1.807) is 4.68 Å². The molecule has 4 rings (SSSR count). The number of hydrogen-bond donors (Lipinski definition) is 1. The number of carbonyl (C=O) groups is 2. The number of rotatable bonds is 4. The van der Waals surface area contributed by atoms with Gasteiger partial charge in [0.15, 0.2) is 17.3 Å². The van der Waals surface area contributed by atoms with Gasteiger partial charge < -0.3 is 10.1 Å². The van der Waals surface area contributed by atoms with E-state index in [-0.39, 0.29) is 29.4 Å². The SMILES string of the molecule is COc1cc(C(=O)[C@H]2CC(=O)Nc3c2c(C)nn3-c2cc(C)cc(C)c2)ccc1F. The van der Waals surface area contributed by atoms with Crippen LogP contribution in [0.4, 0.5) is 10.2 Å². The quantitative estimate of drug-likeness (QED) is 0.656. The molecule has 0 spiro atoms. The first-order chi connectivity index (χ1) is 14.3. The maximum Gasteiger partial charge on any atom is 0.226 e. The summed E-state index contributed by atoms with van der Waals surface area (Å²) in [5.41, 5.74) is 4.59. The molecule has 0 fully saturated rings. The topological polar surface area (TPSA) is 73.2 Å². The van der Waals surface area contributed by atoms with E-state index in [1.807, 2.05) is 32.9 Å². The Morgan fingerprint density at radius 3 is 2.53 bits per heavy atom. The van der Waals surface area contributed by atoms with Crippen LogP contribution in [0.25, 0.3) is 5.69 Å². The second-order valence-corrected chi connectivity index (χ2v) is 7.62. The first kappa shape index (κ1) is 19.8. The van der Waals surface area contributed by atoms with Crippen LogP contribution in [0.15, 0.2) is 36.4 Å². The Bertz CT molecular complexity index is 1160. The van der Waals surface area contributed by atoms with Crippen molar-refractivity contribution >= 4 is 17.5 Å². The summed E-state index contributed by atoms with van der Waals surface area (Å²) in [5.74, 6) is -1.29. The third-order valence-corrected chi connectivity index (χ3v) is 5.31. The average molecular weight is 407 g/mol. The van der Waals surface area contributed by atoms with Crippen molar-refractivity contribution in [3.8, 4) is 11.4 Å². The number of fused-ring (bicyclic) bond motifs is 1. The number of nitrogens with zero attached hydrogens (tertiary/aromatic N) is 2. The predicted octanol–water partition coefficient (Wildman–Crippen LogP) is 4.25. The molecule has 7 heteroatoms. The van der Waals surface area contributed by atoms with Gasteiger partial charge >= 0.3 is 0 Å². The third kappa shape index (κ3) is 3.36. The molecule has 0 unspecified atom stereocenters. The number of carbonyl (C=O) groups excluding carboxylic acids is 2. The zero-order chi connectivity index (χ0) is 21.6. The van der Waals surface area contributed by atoms with E-state index < -0.39 is 11.7 Å². The molecule has 6 nitrogen and oxygen atoms in total. The summed E-state index contributed by atoms with van der Waals surface area (Å²) in [6.45, 7) is 5.80. The number of aromatic nitrogens is 2. The molecular formula is C23H22FN3O3. The Morgan fingerprint density at radius 2 is 1.87 bits per heavy atom. The van der Waals surface area contributed by atoms with Crippen molar-refractivity contribution in [3.05, 3.63) is 70.2 Å². The number of aryl methyl sites for hydroxylation is 3. The van der Waals surface area contributed by atoms with Crippen molar-refractivity contribution in [2.45, 2.75) is 33.1 Å². The van der Waals surface area contributed by atoms with Gasteiger partial charge in [0.2, 0.25) is 5.91 Å². The molecule has 0 radical (unpaired) electrons. The second kappa shape index (κ2) is 7.40. The lowest BCUT2D eigenvalue weighted by atomic mass is 9.85. The van der Waals surface area contributed by atoms with Gasteiger partial charge in [0, 0.05) is 17.5 Å². The van der Waals surface area contributed by atoms with Crippen LogP contribution in [0.1, 0.15) is 45.1 Å². The van der Waals surface area contributed by atoms with Crippen molar-refractivity contribution in [3.63, 3.8) is 0 Å². The zero-order valence-electron chi connectivity index (χ0n) is 17.2. The molecule has 0 saturated heterocycles. The summed E-state index contributed by atoms with van der Waals surface area (Å²) >= 11 is 0. The van der Waals surface area contributed by atoms with E-state index in [2.05, 4.69) is 16.5 Å². The molecule has 30 heavy (non-hydrogen) atoms. The van der Waals surface area contributed by atoms with Crippen molar-refractivity contribution < 1.29 is 18.7 Å². The van der Waals surface area contributed by atoms with Crippen LogP contribution in [0.5, 0.6) is 5.75 Å². The Morgan fingerprint density at radius 1 is 1.17 bits per heavy atom. The van der Waals surface area contributed by atoms with Gasteiger partial charge in [0.25, 0.3) is 0 Å². The maximum absolute atomic E-state index is 13.8. The number of halogens is 1. The molecule has 0 aliphatic carbocycles. The van der Waals surface area contributed by atoms with Gasteiger partial charge in [0.05, 0.1) is 24.4 Å². The second-order valence-electron chi connectivity index (χ2n) is 7.62. The molecule has 1 atom stereocenters. The molecule has 1 N–H and O–H groups in total. The average Bonchev–Trinajstić information content (AvgIpc) is 3.03. The van der Waals surface area contributed by atoms with Crippen LogP contribution >= 0.6 is 0 Å². The van der Waals surface area contributed by atoms with Gasteiger partial charge in [-0.1, -0.05) is 6.07 Å². The van der Waals surface area contributed by atoms with Crippen LogP contribution in [-0.4, -0.2) is 28.6 Å². The Kier molecular flexibility index (Phi) is 4.89. The molecule has 1 amide bonds. The number of hydrogen-bond acceptors (Lipinski definition) is 4. The molecule has 154 valence electrons. The van der Waals surface area contributed by atoms with Gasteiger partial charge in [-0.3, -0.25) is 9.59 Å². The highest BCUT2D eigenvalue weighted by atomic mass is 19.1. The molecule has 1 aliphatic heterocycles. The molecule has 0 saturated carbocycles. The summed E-state index contributed by atoms with van der Waals surface area (Å²) in [6.07, 6.45) is 0.00486. The number of benzene rings is 2. The van der Waals surface area contributed by atoms with Gasteiger partial charge in [-0.05, 0) is 62.2 Å². The first-order valence-corrected chi connectivity index (χ1v) is 9.64. The number of methoxy groups -OCH3 is 1. The van der Waals surface area contributed by atoms with E-state index in [4.69, 9.17) is 4.74 Å². The van der Waals surface area contributed by atoms with Crippen molar-refractivity contribution in [1.82, 2.24) is 9.78 Å². The fraction of sp³-hybridized carbons (Fsp3) is 0.261. The number of nitrogens with one attached hydrogen (secondary N) is 1. The summed E-state index contributed by atoms with van der Waals surface area (Å²) in [4.78, 5) is 25.8. The lowest BCUT2D eigenvalue weighted by molar-refractivity contribution is -0.116. The Balaban J connectivity index is 1.82. The van der Waals surface area contributed by atoms with Gasteiger partial charge in [-0.2, -0.15) is 5.10 Å². The number of ether oxygens (including phenoxy) is 1. The van der Waals surface area contributed by atoms with Crippen LogP contribution < -0.4 is 10.1 Å². The van der Waals surface area contributed by atoms with Crippen molar-refractivity contribution in [2.24, 2.45) is 0 Å². The van der Waals surface area contributed by atoms with Gasteiger partial charge in [0.1, 0.15) is 5.82 Å². The maximum atomic E-state index is 13.8. The normalized spacial score (nSPS) is 15.5. The highest BCUT2D eigenvalue weighted by molar-refractivity contribution is 6.08. The summed E-state index contributed by atoms with van der Waals surface area (Å²) in [7, 11) is 1.34. The van der Waals surface area contributed by atoms with Crippen LogP contribution in [0.2, 0.25) is 0 Å². The molecule has 1 aliphatic rings. The fourth-order valence-electron chi connectivity index (χ4n) is 4.05. The van der Waals surface area contributed by atoms with Gasteiger partial charge in [-0.25, -0.2) is 9.07 Å². The van der Waals surface area contributed by atoms with E-state index in [0.717, 1.165) is 16.8 Å². The predicted molar refractivity (Wildman–Crippen MR) is 111 cm³/mol. The third-order valence-electron chi connectivity index (χ3n) is 5.31. The van der Waals surface area contributed by atoms with Crippen molar-refractivity contribution in [1.29, 1.82) is 0 Å². The van der Waals surface area contributed by atoms with Crippen LogP contribution in [-0.2, 0) is 4.79 Å². The molecule has 2 aromatic carbocycles. The van der Waals surface area contributed by atoms with E-state index in [0.29, 0.717) is 17.1 Å². The number of anilines is 1. The monoisotopic (exact) mass is 407 g/mol.